The lowest BCUT2D eigenvalue weighted by atomic mass is 9.95. The van der Waals surface area contributed by atoms with Crippen molar-refractivity contribution in [1.82, 2.24) is 10.3 Å². The summed E-state index contributed by atoms with van der Waals surface area (Å²) in [7, 11) is 0. The average Bonchev–Trinajstić information content (AvgIpc) is 3.25. The molecule has 2 aliphatic carbocycles. The van der Waals surface area contributed by atoms with Crippen LogP contribution in [0.4, 0.5) is 0 Å². The van der Waals surface area contributed by atoms with E-state index in [1.165, 1.54) is 18.0 Å². The van der Waals surface area contributed by atoms with Crippen LogP contribution in [0.15, 0.2) is 22.1 Å². The predicted octanol–water partition coefficient (Wildman–Crippen LogP) is 1.75. The van der Waals surface area contributed by atoms with Gasteiger partial charge in [0.2, 0.25) is 0 Å². The minimum Gasteiger partial charge on any atom is -0.480 e. The lowest BCUT2D eigenvalue weighted by Gasteiger charge is -2.30. The van der Waals surface area contributed by atoms with E-state index in [0.717, 1.165) is 25.7 Å². The molecule has 0 radical (unpaired) electrons. The third kappa shape index (κ3) is 2.40. The summed E-state index contributed by atoms with van der Waals surface area (Å²) in [4.78, 5) is 15.7. The van der Waals surface area contributed by atoms with Crippen molar-refractivity contribution in [3.05, 3.63) is 12.5 Å². The summed E-state index contributed by atoms with van der Waals surface area (Å²) < 4.78 is 5.16. The number of oxazole rings is 1. The van der Waals surface area contributed by atoms with Crippen LogP contribution < -0.4 is 5.32 Å². The highest BCUT2D eigenvalue weighted by atomic mass is 32.2. The molecule has 0 bridgehead atoms. The van der Waals surface area contributed by atoms with Crippen molar-refractivity contribution in [2.75, 3.05) is 5.75 Å². The molecule has 98 valence electrons. The predicted molar refractivity (Wildman–Crippen MR) is 66.5 cm³/mol. The maximum absolute atomic E-state index is 11.7. The molecule has 2 fully saturated rings. The molecule has 5 nitrogen and oxygen atoms in total. The van der Waals surface area contributed by atoms with Crippen LogP contribution in [-0.2, 0) is 4.79 Å². The Labute approximate surface area is 109 Å². The summed E-state index contributed by atoms with van der Waals surface area (Å²) in [6.45, 7) is 0. The second-order valence-electron chi connectivity index (χ2n) is 5.06. The fraction of sp³-hybridized carbons (Fsp3) is 0.667. The molecular formula is C12H16N2O3S. The van der Waals surface area contributed by atoms with E-state index in [1.807, 2.05) is 0 Å². The van der Waals surface area contributed by atoms with E-state index in [1.54, 1.807) is 6.20 Å². The SMILES string of the molecule is O=C(O)C(CSc1ncco1)(NC1CC1)C1CC1. The van der Waals surface area contributed by atoms with Gasteiger partial charge in [-0.2, -0.15) is 0 Å². The van der Waals surface area contributed by atoms with Gasteiger partial charge in [-0.25, -0.2) is 4.98 Å². The van der Waals surface area contributed by atoms with Gasteiger partial charge in [0.25, 0.3) is 5.22 Å². The van der Waals surface area contributed by atoms with Crippen LogP contribution in [-0.4, -0.2) is 33.4 Å². The first kappa shape index (κ1) is 12.0. The van der Waals surface area contributed by atoms with Gasteiger partial charge in [-0.3, -0.25) is 10.1 Å². The topological polar surface area (TPSA) is 75.4 Å². The van der Waals surface area contributed by atoms with Crippen molar-refractivity contribution in [1.29, 1.82) is 0 Å². The van der Waals surface area contributed by atoms with Gasteiger partial charge in [0, 0.05) is 11.8 Å². The Kier molecular flexibility index (Phi) is 3.07. The number of carboxylic acids is 1. The maximum atomic E-state index is 11.7. The Hall–Kier alpha value is -1.01. The van der Waals surface area contributed by atoms with E-state index in [-0.39, 0.29) is 5.92 Å². The molecule has 1 aromatic heterocycles. The van der Waals surface area contributed by atoms with Gasteiger partial charge in [0.05, 0.1) is 6.20 Å². The van der Waals surface area contributed by atoms with Gasteiger partial charge in [0.15, 0.2) is 0 Å². The molecule has 3 rings (SSSR count). The van der Waals surface area contributed by atoms with Gasteiger partial charge in [-0.15, -0.1) is 0 Å². The molecule has 0 aliphatic heterocycles. The molecule has 0 saturated heterocycles. The lowest BCUT2D eigenvalue weighted by Crippen LogP contribution is -2.57. The molecule has 1 atom stereocenters. The Morgan fingerprint density at radius 1 is 1.56 bits per heavy atom. The highest BCUT2D eigenvalue weighted by Gasteiger charge is 2.53. The van der Waals surface area contributed by atoms with Crippen LogP contribution >= 0.6 is 11.8 Å². The number of hydrogen-bond donors (Lipinski definition) is 2. The molecule has 18 heavy (non-hydrogen) atoms. The quantitative estimate of drug-likeness (QED) is 0.734. The number of carbonyl (C=O) groups is 1. The van der Waals surface area contributed by atoms with Crippen molar-refractivity contribution in [2.24, 2.45) is 5.92 Å². The minimum atomic E-state index is -0.805. The van der Waals surface area contributed by atoms with Crippen molar-refractivity contribution in [3.63, 3.8) is 0 Å². The molecule has 1 heterocycles. The Morgan fingerprint density at radius 3 is 2.83 bits per heavy atom. The number of hydrogen-bond acceptors (Lipinski definition) is 5. The Balaban J connectivity index is 1.72. The number of nitrogens with one attached hydrogen (secondary N) is 1. The Morgan fingerprint density at radius 2 is 2.33 bits per heavy atom. The smallest absolute Gasteiger partial charge is 0.325 e. The molecule has 0 spiro atoms. The minimum absolute atomic E-state index is 0.248. The number of carboxylic acid groups (broad SMARTS) is 1. The van der Waals surface area contributed by atoms with Crippen LogP contribution in [0.3, 0.4) is 0 Å². The van der Waals surface area contributed by atoms with E-state index < -0.39 is 11.5 Å². The van der Waals surface area contributed by atoms with Gasteiger partial charge in [-0.05, 0) is 31.6 Å². The van der Waals surface area contributed by atoms with E-state index in [0.29, 0.717) is 17.0 Å². The molecule has 2 N–H and O–H groups in total. The van der Waals surface area contributed by atoms with Crippen molar-refractivity contribution in [3.8, 4) is 0 Å². The first-order valence-corrected chi connectivity index (χ1v) is 7.22. The largest absolute Gasteiger partial charge is 0.480 e. The zero-order valence-corrected chi connectivity index (χ0v) is 10.8. The monoisotopic (exact) mass is 268 g/mol. The van der Waals surface area contributed by atoms with Gasteiger partial charge >= 0.3 is 5.97 Å². The Bertz CT molecular complexity index is 429. The van der Waals surface area contributed by atoms with Crippen LogP contribution in [0.25, 0.3) is 0 Å². The van der Waals surface area contributed by atoms with Crippen molar-refractivity contribution < 1.29 is 14.3 Å². The molecule has 1 unspecified atom stereocenters. The summed E-state index contributed by atoms with van der Waals surface area (Å²) in [5, 5.41) is 13.5. The number of thioether (sulfide) groups is 1. The highest BCUT2D eigenvalue weighted by molar-refractivity contribution is 7.99. The molecule has 1 aromatic rings. The standard InChI is InChI=1S/C12H16N2O3S/c15-10(16)12(8-1-2-8,14-9-3-4-9)7-18-11-13-5-6-17-11/h5-6,8-9,14H,1-4,7H2,(H,15,16). The third-order valence-electron chi connectivity index (χ3n) is 3.53. The highest BCUT2D eigenvalue weighted by Crippen LogP contribution is 2.44. The fourth-order valence-corrected chi connectivity index (χ4v) is 3.25. The second kappa shape index (κ2) is 4.59. The van der Waals surface area contributed by atoms with Crippen LogP contribution in [0, 0.1) is 5.92 Å². The van der Waals surface area contributed by atoms with E-state index in [2.05, 4.69) is 10.3 Å². The van der Waals surface area contributed by atoms with Crippen molar-refractivity contribution in [2.45, 2.75) is 42.5 Å². The van der Waals surface area contributed by atoms with Crippen LogP contribution in [0.5, 0.6) is 0 Å². The number of nitrogens with zero attached hydrogens (tertiary/aromatic N) is 1. The number of rotatable bonds is 7. The molecule has 2 aliphatic rings. The summed E-state index contributed by atoms with van der Waals surface area (Å²) in [5.74, 6) is -0.0154. The first-order valence-electron chi connectivity index (χ1n) is 6.24. The third-order valence-corrected chi connectivity index (χ3v) is 4.58. The van der Waals surface area contributed by atoms with Gasteiger partial charge < -0.3 is 9.52 Å². The normalized spacial score (nSPS) is 22.7. The van der Waals surface area contributed by atoms with E-state index in [9.17, 15) is 9.90 Å². The molecule has 0 aromatic carbocycles. The van der Waals surface area contributed by atoms with Gasteiger partial charge in [-0.1, -0.05) is 11.8 Å². The summed E-state index contributed by atoms with van der Waals surface area (Å²) in [6.07, 6.45) is 7.26. The van der Waals surface area contributed by atoms with Crippen molar-refractivity contribution >= 4 is 17.7 Å². The number of aliphatic carboxylic acids is 1. The first-order chi connectivity index (χ1) is 8.71. The summed E-state index contributed by atoms with van der Waals surface area (Å²) >= 11 is 1.38. The summed E-state index contributed by atoms with van der Waals surface area (Å²) in [5.41, 5.74) is -0.805. The van der Waals surface area contributed by atoms with E-state index in [4.69, 9.17) is 4.42 Å². The average molecular weight is 268 g/mol. The zero-order valence-electron chi connectivity index (χ0n) is 9.96. The van der Waals surface area contributed by atoms with Gasteiger partial charge in [0.1, 0.15) is 11.8 Å². The van der Waals surface area contributed by atoms with E-state index >= 15 is 0 Å². The molecular weight excluding hydrogens is 252 g/mol. The molecule has 0 amide bonds. The fourth-order valence-electron chi connectivity index (χ4n) is 2.20. The zero-order chi connectivity index (χ0) is 12.6. The van der Waals surface area contributed by atoms with Crippen LogP contribution in [0.2, 0.25) is 0 Å². The molecule has 2 saturated carbocycles. The summed E-state index contributed by atoms with van der Waals surface area (Å²) in [6, 6.07) is 0.381. The number of aromatic nitrogens is 1. The van der Waals surface area contributed by atoms with Crippen LogP contribution in [0.1, 0.15) is 25.7 Å². The second-order valence-corrected chi connectivity index (χ2v) is 5.98. The lowest BCUT2D eigenvalue weighted by molar-refractivity contribution is -0.145. The molecule has 6 heteroatoms. The maximum Gasteiger partial charge on any atom is 0.325 e.